The Hall–Kier alpha value is -2.64. The first kappa shape index (κ1) is 14.7. The van der Waals surface area contributed by atoms with E-state index in [1.165, 1.54) is 0 Å². The minimum absolute atomic E-state index is 0.130. The first-order valence-corrected chi connectivity index (χ1v) is 8.79. The van der Waals surface area contributed by atoms with E-state index in [-0.39, 0.29) is 11.6 Å². The summed E-state index contributed by atoms with van der Waals surface area (Å²) >= 11 is 1.07. The van der Waals surface area contributed by atoms with Crippen LogP contribution in [0.2, 0.25) is 0 Å². The van der Waals surface area contributed by atoms with Gasteiger partial charge in [0.05, 0.1) is 36.2 Å². The third-order valence-corrected chi connectivity index (χ3v) is 5.29. The summed E-state index contributed by atoms with van der Waals surface area (Å²) < 4.78 is 14.2. The van der Waals surface area contributed by atoms with Gasteiger partial charge in [0.1, 0.15) is 11.0 Å². The number of hydrogen-bond acceptors (Lipinski definition) is 7. The van der Waals surface area contributed by atoms with E-state index in [9.17, 15) is 9.59 Å². The van der Waals surface area contributed by atoms with Crippen molar-refractivity contribution in [3.05, 3.63) is 52.6 Å². The van der Waals surface area contributed by atoms with Gasteiger partial charge in [-0.25, -0.2) is 0 Å². The fraction of sp³-hybridized carbons (Fsp3) is 0.222. The van der Waals surface area contributed by atoms with Crippen LogP contribution in [-0.4, -0.2) is 46.6 Å². The number of benzene rings is 2. The monoisotopic (exact) mass is 351 g/mol. The average molecular weight is 351 g/mol. The molecule has 0 unspecified atom stereocenters. The van der Waals surface area contributed by atoms with Crippen LogP contribution in [0.15, 0.2) is 30.3 Å². The Kier molecular flexibility index (Phi) is 3.19. The number of nitrogens with zero attached hydrogens (tertiary/aromatic N) is 3. The molecule has 25 heavy (non-hydrogen) atoms. The maximum Gasteiger partial charge on any atom is 0.196 e. The quantitative estimate of drug-likeness (QED) is 0.524. The Morgan fingerprint density at radius 1 is 0.920 bits per heavy atom. The van der Waals surface area contributed by atoms with Gasteiger partial charge in [0.25, 0.3) is 0 Å². The van der Waals surface area contributed by atoms with E-state index in [0.717, 1.165) is 30.5 Å². The summed E-state index contributed by atoms with van der Waals surface area (Å²) in [5.74, 6) is -0.286. The van der Waals surface area contributed by atoms with Crippen molar-refractivity contribution in [3.63, 3.8) is 0 Å². The predicted octanol–water partition coefficient (Wildman–Crippen LogP) is 2.30. The lowest BCUT2D eigenvalue weighted by Crippen LogP contribution is -2.36. The third kappa shape index (κ3) is 2.06. The van der Waals surface area contributed by atoms with Crippen LogP contribution in [0.1, 0.15) is 31.8 Å². The second-order valence-electron chi connectivity index (χ2n) is 6.08. The molecule has 1 fully saturated rings. The highest BCUT2D eigenvalue weighted by Gasteiger charge is 2.34. The van der Waals surface area contributed by atoms with E-state index in [2.05, 4.69) is 13.6 Å². The van der Waals surface area contributed by atoms with E-state index in [4.69, 9.17) is 4.74 Å². The molecule has 0 bridgehead atoms. The maximum atomic E-state index is 13.0. The van der Waals surface area contributed by atoms with Crippen molar-refractivity contribution in [2.24, 2.45) is 0 Å². The minimum atomic E-state index is -0.156. The van der Waals surface area contributed by atoms with Gasteiger partial charge in [0.2, 0.25) is 0 Å². The number of carbonyl (C=O) groups excluding carboxylic acids is 2. The smallest absolute Gasteiger partial charge is 0.196 e. The second kappa shape index (κ2) is 5.44. The number of anilines is 1. The lowest BCUT2D eigenvalue weighted by atomic mass is 9.83. The number of ether oxygens (including phenoxy) is 1. The average Bonchev–Trinajstić information content (AvgIpc) is 3.15. The first-order chi connectivity index (χ1) is 12.3. The molecule has 1 aliphatic carbocycles. The van der Waals surface area contributed by atoms with Crippen LogP contribution < -0.4 is 4.90 Å². The molecule has 2 aromatic carbocycles. The van der Waals surface area contributed by atoms with Gasteiger partial charge in [-0.1, -0.05) is 24.3 Å². The number of hydrogen-bond donors (Lipinski definition) is 0. The van der Waals surface area contributed by atoms with Crippen molar-refractivity contribution >= 4 is 40.0 Å². The Labute approximate surface area is 147 Å². The molecule has 5 rings (SSSR count). The Morgan fingerprint density at radius 2 is 1.60 bits per heavy atom. The van der Waals surface area contributed by atoms with Crippen LogP contribution >= 0.6 is 11.7 Å². The summed E-state index contributed by atoms with van der Waals surface area (Å²) in [5.41, 5.74) is 3.76. The van der Waals surface area contributed by atoms with Crippen molar-refractivity contribution in [2.45, 2.75) is 0 Å². The number of ketones is 2. The van der Waals surface area contributed by atoms with Crippen molar-refractivity contribution < 1.29 is 14.3 Å². The van der Waals surface area contributed by atoms with Crippen LogP contribution in [0.5, 0.6) is 0 Å². The number of fused-ring (bicyclic) bond motifs is 4. The molecule has 2 aliphatic rings. The lowest BCUT2D eigenvalue weighted by Gasteiger charge is -2.30. The van der Waals surface area contributed by atoms with Gasteiger partial charge in [-0.3, -0.25) is 9.59 Å². The molecule has 1 saturated heterocycles. The predicted molar refractivity (Wildman–Crippen MR) is 93.8 cm³/mol. The lowest BCUT2D eigenvalue weighted by molar-refractivity contribution is 0.0980. The molecule has 0 amide bonds. The number of morpholine rings is 1. The molecule has 0 saturated carbocycles. The van der Waals surface area contributed by atoms with Crippen LogP contribution in [0.4, 0.5) is 5.69 Å². The van der Waals surface area contributed by atoms with Crippen LogP contribution in [0.3, 0.4) is 0 Å². The number of carbonyl (C=O) groups is 2. The number of aromatic nitrogens is 2. The molecule has 6 nitrogen and oxygen atoms in total. The van der Waals surface area contributed by atoms with E-state index in [1.807, 2.05) is 0 Å². The van der Waals surface area contributed by atoms with Gasteiger partial charge in [-0.05, 0) is 6.07 Å². The summed E-state index contributed by atoms with van der Waals surface area (Å²) in [7, 11) is 0. The molecule has 2 heterocycles. The summed E-state index contributed by atoms with van der Waals surface area (Å²) in [6, 6.07) is 8.76. The molecular formula is C18H13N3O3S. The molecule has 0 N–H and O–H groups in total. The molecule has 1 aliphatic heterocycles. The topological polar surface area (TPSA) is 72.4 Å². The van der Waals surface area contributed by atoms with Crippen molar-refractivity contribution in [2.75, 3.05) is 31.2 Å². The van der Waals surface area contributed by atoms with Crippen LogP contribution in [0, 0.1) is 0 Å². The highest BCUT2D eigenvalue weighted by atomic mass is 32.1. The van der Waals surface area contributed by atoms with Gasteiger partial charge in [0, 0.05) is 29.8 Å². The van der Waals surface area contributed by atoms with E-state index in [1.54, 1.807) is 30.3 Å². The van der Waals surface area contributed by atoms with E-state index >= 15 is 0 Å². The minimum Gasteiger partial charge on any atom is -0.378 e. The summed E-state index contributed by atoms with van der Waals surface area (Å²) in [4.78, 5) is 28.2. The summed E-state index contributed by atoms with van der Waals surface area (Å²) in [6.45, 7) is 2.71. The van der Waals surface area contributed by atoms with Crippen molar-refractivity contribution in [1.82, 2.24) is 8.75 Å². The van der Waals surface area contributed by atoms with Gasteiger partial charge in [-0.15, -0.1) is 0 Å². The number of rotatable bonds is 1. The van der Waals surface area contributed by atoms with Gasteiger partial charge in [0.15, 0.2) is 11.6 Å². The largest absolute Gasteiger partial charge is 0.378 e. The molecule has 0 atom stereocenters. The zero-order valence-corrected chi connectivity index (χ0v) is 14.0. The second-order valence-corrected chi connectivity index (χ2v) is 6.61. The molecule has 3 aromatic rings. The van der Waals surface area contributed by atoms with E-state index < -0.39 is 0 Å². The molecule has 7 heteroatoms. The highest BCUT2D eigenvalue weighted by molar-refractivity contribution is 7.00. The zero-order chi connectivity index (χ0) is 17.0. The molecule has 1 aromatic heterocycles. The zero-order valence-electron chi connectivity index (χ0n) is 13.2. The summed E-state index contributed by atoms with van der Waals surface area (Å²) in [6.07, 6.45) is 0. The van der Waals surface area contributed by atoms with Gasteiger partial charge in [-0.2, -0.15) is 8.75 Å². The Balaban J connectivity index is 1.78. The van der Waals surface area contributed by atoms with Crippen molar-refractivity contribution in [3.8, 4) is 0 Å². The molecule has 124 valence electrons. The maximum absolute atomic E-state index is 13.0. The Morgan fingerprint density at radius 3 is 2.36 bits per heavy atom. The van der Waals surface area contributed by atoms with Crippen molar-refractivity contribution in [1.29, 1.82) is 0 Å². The third-order valence-electron chi connectivity index (χ3n) is 4.76. The first-order valence-electron chi connectivity index (χ1n) is 8.06. The molecular weight excluding hydrogens is 338 g/mol. The summed E-state index contributed by atoms with van der Waals surface area (Å²) in [5, 5.41) is 0. The standard InChI is InChI=1S/C18H13N3O3S/c22-17-10-3-1-2-4-11(10)18(23)14-12(17)9-13(15-16(14)20-25-19-15)21-5-7-24-8-6-21/h1-4,9H,5-8H2. The normalized spacial score (nSPS) is 16.9. The molecule has 0 spiro atoms. The Bertz CT molecular complexity index is 1040. The highest BCUT2D eigenvalue weighted by Crippen LogP contribution is 2.37. The van der Waals surface area contributed by atoms with Crippen LogP contribution in [0.25, 0.3) is 11.0 Å². The van der Waals surface area contributed by atoms with Gasteiger partial charge >= 0.3 is 0 Å². The SMILES string of the molecule is O=C1c2ccccc2C(=O)c2c1cc(N1CCOCC1)c1nsnc21. The van der Waals surface area contributed by atoms with Gasteiger partial charge < -0.3 is 9.64 Å². The van der Waals surface area contributed by atoms with Crippen LogP contribution in [-0.2, 0) is 4.74 Å². The fourth-order valence-electron chi connectivity index (χ4n) is 3.54. The molecule has 0 radical (unpaired) electrons. The fourth-order valence-corrected chi connectivity index (χ4v) is 4.10. The van der Waals surface area contributed by atoms with E-state index in [0.29, 0.717) is 46.5 Å².